The minimum absolute atomic E-state index is 0.0506. The number of hydrogen-bond donors (Lipinski definition) is 1. The number of carbonyl (C=O) groups excluding carboxylic acids is 1. The topological polar surface area (TPSA) is 90.5 Å². The Morgan fingerprint density at radius 3 is 2.69 bits per heavy atom. The number of carbonyl (C=O) groups is 1. The lowest BCUT2D eigenvalue weighted by molar-refractivity contribution is -0.116. The normalized spacial score (nSPS) is 11.4. The van der Waals surface area contributed by atoms with Crippen LogP contribution >= 0.6 is 11.6 Å². The predicted molar refractivity (Wildman–Crippen MR) is 112 cm³/mol. The molecule has 0 atom stereocenters. The summed E-state index contributed by atoms with van der Waals surface area (Å²) in [6, 6.07) is 6.47. The van der Waals surface area contributed by atoms with Gasteiger partial charge in [0.25, 0.3) is 11.3 Å². The Kier molecular flexibility index (Phi) is 6.22. The van der Waals surface area contributed by atoms with Crippen LogP contribution in [-0.4, -0.2) is 25.1 Å². The van der Waals surface area contributed by atoms with E-state index in [0.717, 1.165) is 0 Å². The number of hydrogen-bond acceptors (Lipinski definition) is 5. The molecule has 0 spiro atoms. The van der Waals surface area contributed by atoms with E-state index in [4.69, 9.17) is 16.3 Å². The van der Waals surface area contributed by atoms with Gasteiger partial charge in [-0.2, -0.15) is 9.50 Å². The summed E-state index contributed by atoms with van der Waals surface area (Å²) in [6.45, 7) is 7.90. The van der Waals surface area contributed by atoms with Crippen LogP contribution in [0.3, 0.4) is 0 Å². The minimum atomic E-state index is -0.235. The molecule has 9 heteroatoms. The minimum Gasteiger partial charge on any atom is -0.485 e. The van der Waals surface area contributed by atoms with E-state index in [1.165, 1.54) is 10.6 Å². The number of benzene rings is 1. The molecular weight excluding hydrogens is 394 g/mol. The molecule has 154 valence electrons. The van der Waals surface area contributed by atoms with Crippen LogP contribution in [0.1, 0.15) is 45.9 Å². The van der Waals surface area contributed by atoms with Crippen LogP contribution in [0.2, 0.25) is 5.02 Å². The summed E-state index contributed by atoms with van der Waals surface area (Å²) in [7, 11) is 0. The molecule has 0 aliphatic rings. The van der Waals surface area contributed by atoms with Gasteiger partial charge in [0, 0.05) is 23.6 Å². The molecule has 0 bridgehead atoms. The second-order valence-corrected chi connectivity index (χ2v) is 7.93. The number of aromatic nitrogens is 4. The predicted octanol–water partition coefficient (Wildman–Crippen LogP) is 3.69. The molecule has 0 aliphatic carbocycles. The van der Waals surface area contributed by atoms with Crippen molar-refractivity contribution in [3.63, 3.8) is 0 Å². The van der Waals surface area contributed by atoms with Gasteiger partial charge >= 0.3 is 0 Å². The number of ether oxygens (including phenoxy) is 1. The van der Waals surface area contributed by atoms with Gasteiger partial charge in [0.1, 0.15) is 18.7 Å². The summed E-state index contributed by atoms with van der Waals surface area (Å²) in [5.41, 5.74) is 0.685. The average Bonchev–Trinajstić information content (AvgIpc) is 3.05. The van der Waals surface area contributed by atoms with E-state index in [-0.39, 0.29) is 30.0 Å². The van der Waals surface area contributed by atoms with E-state index in [2.05, 4.69) is 15.3 Å². The third-order valence-corrected chi connectivity index (χ3v) is 4.40. The highest BCUT2D eigenvalue weighted by atomic mass is 35.5. The number of nitrogens with one attached hydrogen (secondary N) is 1. The van der Waals surface area contributed by atoms with Crippen LogP contribution in [0.25, 0.3) is 5.78 Å². The monoisotopic (exact) mass is 417 g/mol. The molecule has 0 unspecified atom stereocenters. The molecule has 0 saturated carbocycles. The highest BCUT2D eigenvalue weighted by Gasteiger charge is 2.13. The fourth-order valence-electron chi connectivity index (χ4n) is 2.86. The second-order valence-electron chi connectivity index (χ2n) is 7.49. The van der Waals surface area contributed by atoms with Gasteiger partial charge < -0.3 is 10.1 Å². The van der Waals surface area contributed by atoms with Crippen molar-refractivity contribution in [1.29, 1.82) is 0 Å². The van der Waals surface area contributed by atoms with Crippen molar-refractivity contribution in [3.8, 4) is 5.75 Å². The Morgan fingerprint density at radius 1 is 1.24 bits per heavy atom. The van der Waals surface area contributed by atoms with Gasteiger partial charge in [0.05, 0.1) is 11.4 Å². The van der Waals surface area contributed by atoms with Gasteiger partial charge in [-0.05, 0) is 38.0 Å². The molecule has 0 saturated heterocycles. The van der Waals surface area contributed by atoms with E-state index in [0.29, 0.717) is 34.4 Å². The lowest BCUT2D eigenvalue weighted by Gasteiger charge is -2.14. The molecule has 0 aliphatic heterocycles. The van der Waals surface area contributed by atoms with Gasteiger partial charge in [-0.1, -0.05) is 25.4 Å². The van der Waals surface area contributed by atoms with Gasteiger partial charge in [-0.3, -0.25) is 14.3 Å². The summed E-state index contributed by atoms with van der Waals surface area (Å²) in [4.78, 5) is 33.2. The highest BCUT2D eigenvalue weighted by molar-refractivity contribution is 6.31. The summed E-state index contributed by atoms with van der Waals surface area (Å²) < 4.78 is 8.97. The first-order valence-corrected chi connectivity index (χ1v) is 9.80. The fraction of sp³-hybridized carbons (Fsp3) is 0.400. The van der Waals surface area contributed by atoms with Gasteiger partial charge in [0.2, 0.25) is 5.91 Å². The molecule has 8 nitrogen and oxygen atoms in total. The number of halogens is 1. The summed E-state index contributed by atoms with van der Waals surface area (Å²) in [5.74, 6) is 0.866. The summed E-state index contributed by atoms with van der Waals surface area (Å²) in [6.07, 6.45) is 1.97. The number of fused-ring (bicyclic) bond motifs is 1. The molecule has 3 aromatic rings. The number of nitrogens with zero attached hydrogens (tertiary/aromatic N) is 4. The van der Waals surface area contributed by atoms with Crippen molar-refractivity contribution in [2.45, 2.75) is 46.8 Å². The SMILES string of the molecule is CC(C)CC(=O)Nc1cc(Cl)ccc1OCc1cc(=O)n2c(ncn2C(C)C)n1. The summed E-state index contributed by atoms with van der Waals surface area (Å²) >= 11 is 6.06. The Morgan fingerprint density at radius 2 is 2.00 bits per heavy atom. The quantitative estimate of drug-likeness (QED) is 0.633. The second kappa shape index (κ2) is 8.65. The molecule has 2 aromatic heterocycles. The fourth-order valence-corrected chi connectivity index (χ4v) is 3.03. The zero-order chi connectivity index (χ0) is 21.1. The maximum Gasteiger partial charge on any atom is 0.274 e. The van der Waals surface area contributed by atoms with Crippen LogP contribution < -0.4 is 15.6 Å². The van der Waals surface area contributed by atoms with Crippen molar-refractivity contribution in [2.24, 2.45) is 5.92 Å². The molecule has 0 fully saturated rings. The maximum absolute atomic E-state index is 12.5. The standard InChI is InChI=1S/C20H24ClN5O3/c1-12(2)7-18(27)24-16-8-14(21)5-6-17(16)29-10-15-9-19(28)26-20(23-15)22-11-25(26)13(3)4/h5-6,8-9,11-13H,7,10H2,1-4H3,(H,24,27). The van der Waals surface area contributed by atoms with Crippen LogP contribution in [-0.2, 0) is 11.4 Å². The van der Waals surface area contributed by atoms with Crippen molar-refractivity contribution in [1.82, 2.24) is 19.2 Å². The average molecular weight is 418 g/mol. The van der Waals surface area contributed by atoms with E-state index >= 15 is 0 Å². The van der Waals surface area contributed by atoms with Gasteiger partial charge in [-0.25, -0.2) is 4.98 Å². The van der Waals surface area contributed by atoms with Crippen molar-refractivity contribution in [3.05, 3.63) is 51.7 Å². The zero-order valence-electron chi connectivity index (χ0n) is 16.8. The van der Waals surface area contributed by atoms with Gasteiger partial charge in [-0.15, -0.1) is 0 Å². The molecule has 0 radical (unpaired) electrons. The van der Waals surface area contributed by atoms with E-state index in [1.54, 1.807) is 29.2 Å². The van der Waals surface area contributed by atoms with Crippen molar-refractivity contribution in [2.75, 3.05) is 5.32 Å². The Labute approximate surface area is 173 Å². The van der Waals surface area contributed by atoms with Crippen molar-refractivity contribution >= 4 is 29.0 Å². The van der Waals surface area contributed by atoms with Crippen LogP contribution in [0.5, 0.6) is 5.75 Å². The van der Waals surface area contributed by atoms with Crippen molar-refractivity contribution < 1.29 is 9.53 Å². The molecule has 29 heavy (non-hydrogen) atoms. The third-order valence-electron chi connectivity index (χ3n) is 4.17. The largest absolute Gasteiger partial charge is 0.485 e. The smallest absolute Gasteiger partial charge is 0.274 e. The van der Waals surface area contributed by atoms with Gasteiger partial charge in [0.15, 0.2) is 0 Å². The zero-order valence-corrected chi connectivity index (χ0v) is 17.6. The lowest BCUT2D eigenvalue weighted by atomic mass is 10.1. The number of rotatable bonds is 7. The van der Waals surface area contributed by atoms with Crippen LogP contribution in [0.4, 0.5) is 5.69 Å². The van der Waals surface area contributed by atoms with E-state index in [9.17, 15) is 9.59 Å². The summed E-state index contributed by atoms with van der Waals surface area (Å²) in [5, 5.41) is 3.31. The Bertz CT molecular complexity index is 1090. The number of amides is 1. The molecule has 1 aromatic carbocycles. The Hall–Kier alpha value is -2.87. The van der Waals surface area contributed by atoms with E-state index in [1.807, 2.05) is 27.7 Å². The molecule has 1 N–H and O–H groups in total. The van der Waals surface area contributed by atoms with Crippen LogP contribution in [0.15, 0.2) is 35.4 Å². The highest BCUT2D eigenvalue weighted by Crippen LogP contribution is 2.29. The first kappa shape index (κ1) is 20.9. The molecule has 3 rings (SSSR count). The third kappa shape index (κ3) is 4.95. The lowest BCUT2D eigenvalue weighted by Crippen LogP contribution is -2.23. The first-order valence-electron chi connectivity index (χ1n) is 9.42. The molecule has 1 amide bonds. The van der Waals surface area contributed by atoms with Crippen LogP contribution in [0, 0.1) is 5.92 Å². The van der Waals surface area contributed by atoms with E-state index < -0.39 is 0 Å². The maximum atomic E-state index is 12.5. The Balaban J connectivity index is 1.81. The molecule has 2 heterocycles. The molecular formula is C20H24ClN5O3. The number of anilines is 1. The first-order chi connectivity index (χ1) is 13.7.